The van der Waals surface area contributed by atoms with Crippen LogP contribution in [0.4, 0.5) is 4.79 Å². The molecule has 20 heteroatoms. The fourth-order valence-corrected chi connectivity index (χ4v) is 7.02. The number of likely N-dealkylation sites (N-methyl/N-ethyl adjacent to an activating group) is 1. The molecule has 1 saturated heterocycles. The molecule has 1 fully saturated rings. The summed E-state index contributed by atoms with van der Waals surface area (Å²) in [6.45, 7) is 53.6. The molecule has 1 aliphatic heterocycles. The van der Waals surface area contributed by atoms with Crippen LogP contribution in [0.25, 0.3) is 0 Å². The van der Waals surface area contributed by atoms with Gasteiger partial charge < -0.3 is 78.5 Å². The van der Waals surface area contributed by atoms with Crippen LogP contribution in [0.15, 0.2) is 0 Å². The molecule has 2 amide bonds. The first-order valence-corrected chi connectivity index (χ1v) is 32.5. The topological polar surface area (TPSA) is 253 Å². The van der Waals surface area contributed by atoms with Gasteiger partial charge in [-0.2, -0.15) is 0 Å². The summed E-state index contributed by atoms with van der Waals surface area (Å²) < 4.78 is 47.0. The standard InChI is InChI=1S/C26H51NO11.C11H22N2O.C10H21NO2.C9H18O.C7H16O.C5H12.CH4/c1-26(2,3)8-6-5-7-23(24(28)29)27-25(30)38-22-21-37-20-19-36-18-17-35-16-15-34-14-13-33-12-11-32-10-9-31-4;1-11(2,3)9-10(14)13-7-5-12(4)6-8-13;1-10(2,3)7-5-4-6-8(11)9(12)13;1-8(10)6-5-7-9(2,3)4;1-7(2,3)5-6-8-4;1-5(2,3)4;/h23H,5-22H2,1-4H3,(H,27,30)(H,28,29);5-9H2,1-4H3;8H,4-7,11H2,1-3H3,(H,12,13);5-7H2,1-4H3;5-6H2,1-4H3;1-4H3;1H4/t23-;;8-;;;;/m0.0..../s1. The lowest BCUT2D eigenvalue weighted by atomic mass is 9.89. The van der Waals surface area contributed by atoms with Crippen LogP contribution in [0.1, 0.15) is 229 Å². The van der Waals surface area contributed by atoms with Crippen molar-refractivity contribution in [1.82, 2.24) is 15.1 Å². The molecule has 0 aromatic heterocycles. The van der Waals surface area contributed by atoms with Crippen molar-refractivity contribution in [3.8, 4) is 0 Å². The third-order valence-electron chi connectivity index (χ3n) is 12.1. The minimum atomic E-state index is -1.07. The van der Waals surface area contributed by atoms with E-state index in [1.54, 1.807) is 21.1 Å². The van der Waals surface area contributed by atoms with E-state index in [1.165, 1.54) is 0 Å². The Balaban J connectivity index is -0.000000273. The number of ketones is 1. The number of Topliss-reactive ketones (excluding diaryl/α,β-unsaturated/α-hetero) is 1. The number of unbranched alkanes of at least 4 members (excludes halogenated alkanes) is 2. The summed E-state index contributed by atoms with van der Waals surface area (Å²) >= 11 is 0. The lowest BCUT2D eigenvalue weighted by molar-refractivity contribution is -0.140. The molecular weight excluding hydrogens is 1140 g/mol. The van der Waals surface area contributed by atoms with Gasteiger partial charge in [-0.25, -0.2) is 9.59 Å². The Hall–Kier alpha value is -3.05. The van der Waals surface area contributed by atoms with Gasteiger partial charge in [0.25, 0.3) is 0 Å². The Labute approximate surface area is 545 Å². The summed E-state index contributed by atoms with van der Waals surface area (Å²) in [7, 11) is 5.48. The van der Waals surface area contributed by atoms with E-state index < -0.39 is 30.1 Å². The Kier molecular flexibility index (Phi) is 62.8. The van der Waals surface area contributed by atoms with Crippen LogP contribution in [0, 0.1) is 32.5 Å². The SMILES string of the molecule is C.CC(=O)CCCC(C)(C)C.CC(C)(C)C.CC(C)(C)CCCC[C@H](N)C(=O)O.CN1CCN(C(=O)CC(C)(C)C)CC1.COCCC(C)(C)C.COCCOCCOCCOCCOCCOCCOCCOC(=O)N[C@@H](CCCCC(C)(C)C)C(=O)O. The van der Waals surface area contributed by atoms with Crippen LogP contribution in [-0.2, 0) is 61.8 Å². The van der Waals surface area contributed by atoms with Gasteiger partial charge in [0, 0.05) is 59.8 Å². The molecule has 0 aromatic carbocycles. The number of methoxy groups -OCH3 is 2. The van der Waals surface area contributed by atoms with Crippen molar-refractivity contribution in [2.75, 3.05) is 147 Å². The first-order valence-electron chi connectivity index (χ1n) is 32.5. The minimum Gasteiger partial charge on any atom is -0.480 e. The Morgan fingerprint density at radius 1 is 0.461 bits per heavy atom. The number of hydrogen-bond donors (Lipinski definition) is 4. The average molecular weight is 1290 g/mol. The monoisotopic (exact) mass is 1290 g/mol. The highest BCUT2D eigenvalue weighted by molar-refractivity contribution is 5.80. The van der Waals surface area contributed by atoms with E-state index in [0.717, 1.165) is 97.0 Å². The third kappa shape index (κ3) is 93.8. The maximum atomic E-state index is 11.8. The van der Waals surface area contributed by atoms with E-state index in [9.17, 15) is 29.1 Å². The highest BCUT2D eigenvalue weighted by atomic mass is 16.6. The lowest BCUT2D eigenvalue weighted by Crippen LogP contribution is -2.47. The number of rotatable bonds is 38. The van der Waals surface area contributed by atoms with Crippen molar-refractivity contribution in [2.45, 2.75) is 241 Å². The van der Waals surface area contributed by atoms with Gasteiger partial charge in [0.15, 0.2) is 0 Å². The molecule has 536 valence electrons. The number of nitrogens with zero attached hydrogens (tertiary/aromatic N) is 2. The van der Waals surface area contributed by atoms with Gasteiger partial charge in [-0.3, -0.25) is 9.59 Å². The number of alkyl carbamates (subject to hydrolysis) is 1. The number of hydrogen-bond acceptors (Lipinski definition) is 16. The molecule has 0 aliphatic carbocycles. The van der Waals surface area contributed by atoms with E-state index in [-0.39, 0.29) is 31.5 Å². The second-order valence-corrected chi connectivity index (χ2v) is 30.2. The van der Waals surface area contributed by atoms with Crippen molar-refractivity contribution >= 4 is 29.7 Å². The number of amides is 2. The number of carbonyl (C=O) groups excluding carboxylic acids is 3. The maximum absolute atomic E-state index is 11.8. The smallest absolute Gasteiger partial charge is 0.407 e. The van der Waals surface area contributed by atoms with Gasteiger partial charge in [-0.05, 0) is 91.4 Å². The van der Waals surface area contributed by atoms with Crippen molar-refractivity contribution in [3.63, 3.8) is 0 Å². The van der Waals surface area contributed by atoms with Crippen LogP contribution in [0.3, 0.4) is 0 Å². The van der Waals surface area contributed by atoms with Gasteiger partial charge in [-0.15, -0.1) is 0 Å². The van der Waals surface area contributed by atoms with Crippen LogP contribution < -0.4 is 11.1 Å². The summed E-state index contributed by atoms with van der Waals surface area (Å²) in [5.41, 5.74) is 7.34. The lowest BCUT2D eigenvalue weighted by Gasteiger charge is -2.34. The number of ether oxygens (including phenoxy) is 9. The fraction of sp³-hybridized carbons (Fsp3) is 0.928. The van der Waals surface area contributed by atoms with E-state index in [2.05, 4.69) is 149 Å². The minimum absolute atomic E-state index is 0. The van der Waals surface area contributed by atoms with Crippen molar-refractivity contribution in [1.29, 1.82) is 0 Å². The Morgan fingerprint density at radius 3 is 1.10 bits per heavy atom. The molecule has 1 rings (SSSR count). The van der Waals surface area contributed by atoms with Gasteiger partial charge >= 0.3 is 18.0 Å². The van der Waals surface area contributed by atoms with E-state index in [4.69, 9.17) is 53.5 Å². The Bertz CT molecular complexity index is 1650. The van der Waals surface area contributed by atoms with Gasteiger partial charge in [0.05, 0.1) is 85.9 Å². The zero-order valence-electron chi connectivity index (χ0n) is 60.9. The second-order valence-electron chi connectivity index (χ2n) is 30.2. The zero-order valence-corrected chi connectivity index (χ0v) is 60.9. The normalized spacial score (nSPS) is 13.6. The molecular formula is C69H144N4O16. The summed E-state index contributed by atoms with van der Waals surface area (Å²) in [5, 5.41) is 20.2. The van der Waals surface area contributed by atoms with Crippen LogP contribution in [0.5, 0.6) is 0 Å². The number of piperazine rings is 1. The van der Waals surface area contributed by atoms with Crippen molar-refractivity contribution in [3.05, 3.63) is 0 Å². The first-order chi connectivity index (χ1) is 40.4. The van der Waals surface area contributed by atoms with Gasteiger partial charge in [-0.1, -0.05) is 165 Å². The predicted octanol–water partition coefficient (Wildman–Crippen LogP) is 13.3. The molecule has 1 aliphatic rings. The number of carbonyl (C=O) groups is 5. The highest BCUT2D eigenvalue weighted by Gasteiger charge is 2.24. The van der Waals surface area contributed by atoms with Crippen LogP contribution >= 0.6 is 0 Å². The molecule has 0 spiro atoms. The molecule has 20 nitrogen and oxygen atoms in total. The summed E-state index contributed by atoms with van der Waals surface area (Å²) in [4.78, 5) is 60.2. The predicted molar refractivity (Wildman–Crippen MR) is 364 cm³/mol. The van der Waals surface area contributed by atoms with Crippen LogP contribution in [-0.4, -0.2) is 208 Å². The molecule has 0 saturated carbocycles. The second kappa shape index (κ2) is 57.6. The molecule has 2 atom stereocenters. The summed E-state index contributed by atoms with van der Waals surface area (Å²) in [6, 6.07) is -1.64. The van der Waals surface area contributed by atoms with Crippen molar-refractivity contribution < 1.29 is 76.8 Å². The third-order valence-corrected chi connectivity index (χ3v) is 12.1. The molecule has 0 unspecified atom stereocenters. The highest BCUT2D eigenvalue weighted by Crippen LogP contribution is 2.24. The summed E-state index contributed by atoms with van der Waals surface area (Å²) in [5.74, 6) is -1.34. The molecule has 0 aromatic rings. The molecule has 0 bridgehead atoms. The largest absolute Gasteiger partial charge is 0.480 e. The number of aliphatic carboxylic acids is 2. The zero-order chi connectivity index (χ0) is 68.9. The molecule has 1 heterocycles. The van der Waals surface area contributed by atoms with Crippen LogP contribution in [0.2, 0.25) is 0 Å². The van der Waals surface area contributed by atoms with E-state index in [0.29, 0.717) is 132 Å². The molecule has 5 N–H and O–H groups in total. The quantitative estimate of drug-likeness (QED) is 0.0419. The van der Waals surface area contributed by atoms with E-state index >= 15 is 0 Å². The number of carboxylic acids is 2. The number of carboxylic acid groups (broad SMARTS) is 2. The molecule has 0 radical (unpaired) electrons. The fourth-order valence-electron chi connectivity index (χ4n) is 7.02. The number of nitrogens with two attached hydrogens (primary N) is 1. The average Bonchev–Trinajstić information content (AvgIpc) is 3.53. The molecule has 89 heavy (non-hydrogen) atoms. The first kappa shape index (κ1) is 97.0. The maximum Gasteiger partial charge on any atom is 0.407 e. The summed E-state index contributed by atoms with van der Waals surface area (Å²) in [6.07, 6.45) is 10.7. The Morgan fingerprint density at radius 2 is 0.798 bits per heavy atom. The van der Waals surface area contributed by atoms with Crippen molar-refractivity contribution in [2.24, 2.45) is 38.2 Å². The van der Waals surface area contributed by atoms with Gasteiger partial charge in [0.2, 0.25) is 5.91 Å². The number of nitrogens with one attached hydrogen (secondary N) is 1. The van der Waals surface area contributed by atoms with Gasteiger partial charge in [0.1, 0.15) is 24.5 Å². The van der Waals surface area contributed by atoms with E-state index in [1.807, 2.05) is 4.90 Å².